The van der Waals surface area contributed by atoms with Crippen molar-refractivity contribution in [2.24, 2.45) is 0 Å². The van der Waals surface area contributed by atoms with E-state index in [4.69, 9.17) is 0 Å². The van der Waals surface area contributed by atoms with Crippen LogP contribution in [0, 0.1) is 5.82 Å². The molecular weight excluding hydrogens is 265 g/mol. The summed E-state index contributed by atoms with van der Waals surface area (Å²) in [7, 11) is 0. The van der Waals surface area contributed by atoms with Crippen molar-refractivity contribution in [2.75, 3.05) is 0 Å². The smallest absolute Gasteiger partial charge is 0.123 e. The van der Waals surface area contributed by atoms with Gasteiger partial charge in [-0.15, -0.1) is 0 Å². The average Bonchev–Trinajstić information content (AvgIpc) is 2.49. The van der Waals surface area contributed by atoms with E-state index in [0.717, 1.165) is 6.42 Å². The van der Waals surface area contributed by atoms with Crippen LogP contribution in [-0.2, 0) is 6.42 Å². The molecule has 2 unspecified atom stereocenters. The minimum absolute atomic E-state index is 0.116. The first kappa shape index (κ1) is 15.5. The van der Waals surface area contributed by atoms with Gasteiger partial charge in [0.1, 0.15) is 11.6 Å². The number of hydrogen-bond donors (Lipinski definition) is 2. The zero-order valence-electron chi connectivity index (χ0n) is 12.7. The van der Waals surface area contributed by atoms with Gasteiger partial charge < -0.3 is 10.4 Å². The fraction of sp³-hybridized carbons (Fsp3) is 0.333. The van der Waals surface area contributed by atoms with E-state index in [1.165, 1.54) is 29.3 Å². The molecule has 0 saturated heterocycles. The molecule has 0 aliphatic carbocycles. The highest BCUT2D eigenvalue weighted by molar-refractivity contribution is 5.35. The summed E-state index contributed by atoms with van der Waals surface area (Å²) in [4.78, 5) is 0. The molecule has 0 amide bonds. The van der Waals surface area contributed by atoms with Gasteiger partial charge in [0.05, 0.1) is 0 Å². The van der Waals surface area contributed by atoms with Gasteiger partial charge in [-0.3, -0.25) is 0 Å². The number of aryl methyl sites for hydroxylation is 1. The van der Waals surface area contributed by atoms with Crippen molar-refractivity contribution in [3.8, 4) is 5.75 Å². The Morgan fingerprint density at radius 3 is 2.33 bits per heavy atom. The summed E-state index contributed by atoms with van der Waals surface area (Å²) in [5, 5.41) is 13.2. The minimum Gasteiger partial charge on any atom is -0.508 e. The first-order valence-corrected chi connectivity index (χ1v) is 7.34. The highest BCUT2D eigenvalue weighted by atomic mass is 19.1. The summed E-state index contributed by atoms with van der Waals surface area (Å²) >= 11 is 0. The summed E-state index contributed by atoms with van der Waals surface area (Å²) < 4.78 is 13.3. The van der Waals surface area contributed by atoms with Gasteiger partial charge >= 0.3 is 0 Å². The lowest BCUT2D eigenvalue weighted by Gasteiger charge is -2.21. The van der Waals surface area contributed by atoms with Crippen molar-refractivity contribution in [3.05, 3.63) is 65.0 Å². The molecule has 2 rings (SSSR count). The Balaban J connectivity index is 2.10. The third kappa shape index (κ3) is 3.82. The second-order valence-corrected chi connectivity index (χ2v) is 5.41. The van der Waals surface area contributed by atoms with Crippen LogP contribution in [-0.4, -0.2) is 5.11 Å². The third-order valence-electron chi connectivity index (χ3n) is 3.84. The summed E-state index contributed by atoms with van der Waals surface area (Å²) in [5.74, 6) is -0.221. The molecule has 0 saturated carbocycles. The molecule has 0 aliphatic rings. The van der Waals surface area contributed by atoms with Gasteiger partial charge in [0.2, 0.25) is 0 Å². The molecule has 0 fully saturated rings. The third-order valence-corrected chi connectivity index (χ3v) is 3.84. The first-order valence-electron chi connectivity index (χ1n) is 7.34. The Bertz CT molecular complexity index is 595. The van der Waals surface area contributed by atoms with Crippen LogP contribution in [0.4, 0.5) is 4.39 Å². The van der Waals surface area contributed by atoms with Crippen LogP contribution >= 0.6 is 0 Å². The van der Waals surface area contributed by atoms with Crippen LogP contribution in [0.5, 0.6) is 5.75 Å². The molecule has 2 atom stereocenters. The van der Waals surface area contributed by atoms with E-state index in [0.29, 0.717) is 5.56 Å². The van der Waals surface area contributed by atoms with Crippen LogP contribution in [0.25, 0.3) is 0 Å². The maximum atomic E-state index is 13.3. The highest BCUT2D eigenvalue weighted by Crippen LogP contribution is 2.27. The van der Waals surface area contributed by atoms with E-state index in [1.54, 1.807) is 0 Å². The quantitative estimate of drug-likeness (QED) is 0.848. The summed E-state index contributed by atoms with van der Waals surface area (Å²) in [6.45, 7) is 6.12. The van der Waals surface area contributed by atoms with E-state index in [-0.39, 0.29) is 23.7 Å². The summed E-state index contributed by atoms with van der Waals surface area (Å²) in [5.41, 5.74) is 3.06. The molecule has 0 heterocycles. The predicted octanol–water partition coefficient (Wildman–Crippen LogP) is 4.51. The summed E-state index contributed by atoms with van der Waals surface area (Å²) in [6.07, 6.45) is 1.02. The standard InChI is InChI=1S/C18H22FNO/c1-4-14-5-7-15(8-6-14)12(2)20-13(3)17-11-16(19)9-10-18(17)21/h5-13,20-21H,4H2,1-3H3. The molecule has 0 bridgehead atoms. The maximum Gasteiger partial charge on any atom is 0.123 e. The Morgan fingerprint density at radius 1 is 1.05 bits per heavy atom. The average molecular weight is 287 g/mol. The monoisotopic (exact) mass is 287 g/mol. The van der Waals surface area contributed by atoms with E-state index in [9.17, 15) is 9.50 Å². The molecule has 2 aromatic rings. The van der Waals surface area contributed by atoms with Gasteiger partial charge in [-0.2, -0.15) is 0 Å². The number of aromatic hydroxyl groups is 1. The molecule has 2 aromatic carbocycles. The number of phenols is 1. The second-order valence-electron chi connectivity index (χ2n) is 5.41. The molecule has 0 aromatic heterocycles. The zero-order chi connectivity index (χ0) is 15.4. The van der Waals surface area contributed by atoms with Gasteiger partial charge in [0.25, 0.3) is 0 Å². The molecular formula is C18H22FNO. The predicted molar refractivity (Wildman–Crippen MR) is 83.9 cm³/mol. The summed E-state index contributed by atoms with van der Waals surface area (Å²) in [6, 6.07) is 12.5. The van der Waals surface area contributed by atoms with E-state index < -0.39 is 0 Å². The number of hydrogen-bond acceptors (Lipinski definition) is 2. The molecule has 2 N–H and O–H groups in total. The molecule has 0 radical (unpaired) electrons. The number of halogens is 1. The van der Waals surface area contributed by atoms with Crippen molar-refractivity contribution in [1.29, 1.82) is 0 Å². The van der Waals surface area contributed by atoms with E-state index in [1.807, 2.05) is 6.92 Å². The van der Waals surface area contributed by atoms with E-state index in [2.05, 4.69) is 43.4 Å². The van der Waals surface area contributed by atoms with Gasteiger partial charge in [0.15, 0.2) is 0 Å². The van der Waals surface area contributed by atoms with Gasteiger partial charge in [-0.05, 0) is 49.6 Å². The molecule has 0 spiro atoms. The normalized spacial score (nSPS) is 13.9. The molecule has 112 valence electrons. The topological polar surface area (TPSA) is 32.3 Å². The Morgan fingerprint density at radius 2 is 1.71 bits per heavy atom. The number of phenolic OH excluding ortho intramolecular Hbond substituents is 1. The van der Waals surface area contributed by atoms with Crippen LogP contribution in [0.3, 0.4) is 0 Å². The highest BCUT2D eigenvalue weighted by Gasteiger charge is 2.15. The van der Waals surface area contributed by atoms with Crippen LogP contribution in [0.15, 0.2) is 42.5 Å². The van der Waals surface area contributed by atoms with Crippen LogP contribution < -0.4 is 5.32 Å². The van der Waals surface area contributed by atoms with Crippen molar-refractivity contribution in [3.63, 3.8) is 0 Å². The maximum absolute atomic E-state index is 13.3. The lowest BCUT2D eigenvalue weighted by atomic mass is 10.0. The van der Waals surface area contributed by atoms with Crippen molar-refractivity contribution in [1.82, 2.24) is 5.32 Å². The van der Waals surface area contributed by atoms with Crippen molar-refractivity contribution >= 4 is 0 Å². The SMILES string of the molecule is CCc1ccc(C(C)NC(C)c2cc(F)ccc2O)cc1. The Labute approximate surface area is 125 Å². The van der Waals surface area contributed by atoms with Crippen LogP contribution in [0.2, 0.25) is 0 Å². The lowest BCUT2D eigenvalue weighted by Crippen LogP contribution is -2.22. The molecule has 2 nitrogen and oxygen atoms in total. The number of benzene rings is 2. The molecule has 21 heavy (non-hydrogen) atoms. The van der Waals surface area contributed by atoms with Crippen LogP contribution in [0.1, 0.15) is 49.5 Å². The van der Waals surface area contributed by atoms with Gasteiger partial charge in [0, 0.05) is 17.6 Å². The molecule has 0 aliphatic heterocycles. The number of rotatable bonds is 5. The number of nitrogens with one attached hydrogen (secondary N) is 1. The molecule has 3 heteroatoms. The fourth-order valence-corrected chi connectivity index (χ4v) is 2.48. The second kappa shape index (κ2) is 6.72. The Kier molecular flexibility index (Phi) is 4.97. The fourth-order valence-electron chi connectivity index (χ4n) is 2.48. The van der Waals surface area contributed by atoms with E-state index >= 15 is 0 Å². The van der Waals surface area contributed by atoms with Crippen molar-refractivity contribution < 1.29 is 9.50 Å². The largest absolute Gasteiger partial charge is 0.508 e. The first-order chi connectivity index (χ1) is 10.0. The Hall–Kier alpha value is -1.87. The van der Waals surface area contributed by atoms with Gasteiger partial charge in [-0.1, -0.05) is 31.2 Å². The van der Waals surface area contributed by atoms with Crippen molar-refractivity contribution in [2.45, 2.75) is 39.3 Å². The minimum atomic E-state index is -0.337. The van der Waals surface area contributed by atoms with Gasteiger partial charge in [-0.25, -0.2) is 4.39 Å². The zero-order valence-corrected chi connectivity index (χ0v) is 12.7. The lowest BCUT2D eigenvalue weighted by molar-refractivity contribution is 0.435.